The molecule has 1 aliphatic rings. The van der Waals surface area contributed by atoms with Gasteiger partial charge in [-0.15, -0.1) is 0 Å². The highest BCUT2D eigenvalue weighted by atomic mass is 35.5. The van der Waals surface area contributed by atoms with E-state index < -0.39 is 12.0 Å². The molecule has 0 fully saturated rings. The first-order chi connectivity index (χ1) is 19.7. The number of hydrogen-bond donors (Lipinski definition) is 0. The monoisotopic (exact) mass is 587 g/mol. The van der Waals surface area contributed by atoms with Crippen molar-refractivity contribution in [2.45, 2.75) is 26.5 Å². The van der Waals surface area contributed by atoms with Crippen molar-refractivity contribution < 1.29 is 14.3 Å². The average Bonchev–Trinajstić information content (AvgIpc) is 3.26. The normalized spacial score (nSPS) is 14.9. The molecule has 5 rings (SSSR count). The molecule has 210 valence electrons. The lowest BCUT2D eigenvalue weighted by atomic mass is 9.95. The number of rotatable bonds is 8. The van der Waals surface area contributed by atoms with Gasteiger partial charge in [0.2, 0.25) is 0 Å². The first-order valence-corrected chi connectivity index (χ1v) is 14.4. The van der Waals surface area contributed by atoms with Gasteiger partial charge < -0.3 is 14.4 Å². The van der Waals surface area contributed by atoms with Crippen LogP contribution in [0.5, 0.6) is 5.75 Å². The van der Waals surface area contributed by atoms with E-state index in [0.29, 0.717) is 38.0 Å². The van der Waals surface area contributed by atoms with Crippen LogP contribution in [0.3, 0.4) is 0 Å². The molecular formula is C32H30ClN3O4S. The molecule has 0 amide bonds. The Labute approximate surface area is 247 Å². The highest BCUT2D eigenvalue weighted by molar-refractivity contribution is 7.07. The molecule has 7 nitrogen and oxygen atoms in total. The quantitative estimate of drug-likeness (QED) is 0.268. The van der Waals surface area contributed by atoms with Gasteiger partial charge in [0.1, 0.15) is 12.4 Å². The van der Waals surface area contributed by atoms with Gasteiger partial charge in [0.25, 0.3) is 5.56 Å². The van der Waals surface area contributed by atoms with Crippen molar-refractivity contribution in [3.05, 3.63) is 125 Å². The van der Waals surface area contributed by atoms with Crippen molar-refractivity contribution in [1.29, 1.82) is 0 Å². The molecule has 4 aromatic rings. The van der Waals surface area contributed by atoms with Crippen molar-refractivity contribution in [1.82, 2.24) is 4.57 Å². The molecule has 0 radical (unpaired) electrons. The standard InChI is InChI=1S/C32H30ClN3O4S/c1-5-39-31(38)28-20(2)34-32-36(29(28)23-11-15-25(16-12-23)35(3)4)30(37)27(41-32)18-22-7-6-8-26(17-22)40-19-21-9-13-24(33)14-10-21/h6-18,29H,5,19H2,1-4H3/b27-18-. The van der Waals surface area contributed by atoms with Crippen LogP contribution in [0.25, 0.3) is 6.08 Å². The second-order valence-electron chi connectivity index (χ2n) is 9.78. The number of halogens is 1. The van der Waals surface area contributed by atoms with Crippen LogP contribution in [-0.2, 0) is 16.1 Å². The minimum absolute atomic E-state index is 0.225. The number of ether oxygens (including phenoxy) is 2. The highest BCUT2D eigenvalue weighted by Gasteiger charge is 2.33. The molecule has 0 aliphatic carbocycles. The number of fused-ring (bicyclic) bond motifs is 1. The second-order valence-corrected chi connectivity index (χ2v) is 11.2. The minimum atomic E-state index is -0.655. The molecule has 2 heterocycles. The molecule has 0 bridgehead atoms. The molecule has 1 aliphatic heterocycles. The van der Waals surface area contributed by atoms with Crippen LogP contribution in [0.1, 0.15) is 36.6 Å². The number of aromatic nitrogens is 1. The van der Waals surface area contributed by atoms with Crippen LogP contribution in [0.15, 0.2) is 93.9 Å². The third-order valence-corrected chi connectivity index (χ3v) is 7.95. The summed E-state index contributed by atoms with van der Waals surface area (Å²) in [6, 6.07) is 22.2. The van der Waals surface area contributed by atoms with Crippen molar-refractivity contribution in [2.75, 3.05) is 25.6 Å². The number of allylic oxidation sites excluding steroid dienone is 1. The zero-order chi connectivity index (χ0) is 29.1. The zero-order valence-corrected chi connectivity index (χ0v) is 24.8. The zero-order valence-electron chi connectivity index (χ0n) is 23.3. The number of nitrogens with zero attached hydrogens (tertiary/aromatic N) is 3. The number of benzene rings is 3. The van der Waals surface area contributed by atoms with Gasteiger partial charge in [0.15, 0.2) is 4.80 Å². The Kier molecular flexibility index (Phi) is 8.42. The summed E-state index contributed by atoms with van der Waals surface area (Å²) in [6.07, 6.45) is 1.83. The minimum Gasteiger partial charge on any atom is -0.489 e. The Morgan fingerprint density at radius 2 is 1.83 bits per heavy atom. The van der Waals surface area contributed by atoms with Crippen LogP contribution in [0, 0.1) is 0 Å². The molecule has 1 atom stereocenters. The fourth-order valence-corrected chi connectivity index (χ4v) is 5.83. The Hall–Kier alpha value is -4.14. The average molecular weight is 588 g/mol. The first kappa shape index (κ1) is 28.4. The number of hydrogen-bond acceptors (Lipinski definition) is 7. The summed E-state index contributed by atoms with van der Waals surface area (Å²) in [6.45, 7) is 4.16. The maximum absolute atomic E-state index is 13.9. The molecule has 1 aromatic heterocycles. The summed E-state index contributed by atoms with van der Waals surface area (Å²) in [4.78, 5) is 34.2. The van der Waals surface area contributed by atoms with Crippen LogP contribution in [-0.4, -0.2) is 31.2 Å². The summed E-state index contributed by atoms with van der Waals surface area (Å²) >= 11 is 7.27. The number of esters is 1. The van der Waals surface area contributed by atoms with Gasteiger partial charge in [-0.2, -0.15) is 0 Å². The summed E-state index contributed by atoms with van der Waals surface area (Å²) in [5, 5.41) is 0.676. The highest BCUT2D eigenvalue weighted by Crippen LogP contribution is 2.31. The lowest BCUT2D eigenvalue weighted by Crippen LogP contribution is -2.39. The van der Waals surface area contributed by atoms with Gasteiger partial charge in [0, 0.05) is 24.8 Å². The molecular weight excluding hydrogens is 558 g/mol. The van der Waals surface area contributed by atoms with Crippen LogP contribution >= 0.6 is 22.9 Å². The largest absolute Gasteiger partial charge is 0.489 e. The van der Waals surface area contributed by atoms with Gasteiger partial charge in [-0.05, 0) is 73.0 Å². The van der Waals surface area contributed by atoms with E-state index >= 15 is 0 Å². The molecule has 0 N–H and O–H groups in total. The van der Waals surface area contributed by atoms with Crippen molar-refractivity contribution in [3.63, 3.8) is 0 Å². The predicted octanol–water partition coefficient (Wildman–Crippen LogP) is 5.10. The number of thiazole rings is 1. The molecule has 0 spiro atoms. The van der Waals surface area contributed by atoms with Gasteiger partial charge in [-0.1, -0.05) is 59.3 Å². The van der Waals surface area contributed by atoms with E-state index in [0.717, 1.165) is 22.4 Å². The summed E-state index contributed by atoms with van der Waals surface area (Å²) in [5.74, 6) is 0.205. The van der Waals surface area contributed by atoms with Gasteiger partial charge in [0.05, 0.1) is 28.5 Å². The second kappa shape index (κ2) is 12.2. The maximum Gasteiger partial charge on any atom is 0.338 e. The number of carbonyl (C=O) groups is 1. The third kappa shape index (κ3) is 6.14. The molecule has 3 aromatic carbocycles. The first-order valence-electron chi connectivity index (χ1n) is 13.2. The number of anilines is 1. The van der Waals surface area contributed by atoms with E-state index in [1.165, 1.54) is 11.3 Å². The third-order valence-electron chi connectivity index (χ3n) is 6.72. The van der Waals surface area contributed by atoms with Gasteiger partial charge in [-0.25, -0.2) is 9.79 Å². The van der Waals surface area contributed by atoms with Crippen molar-refractivity contribution in [3.8, 4) is 5.75 Å². The topological polar surface area (TPSA) is 73.1 Å². The fraction of sp³-hybridized carbons (Fsp3) is 0.219. The van der Waals surface area contributed by atoms with Crippen LogP contribution < -0.4 is 24.5 Å². The SMILES string of the molecule is CCOC(=O)C1=C(C)N=c2s/c(=C\c3cccc(OCc4ccc(Cl)cc4)c3)c(=O)n2C1c1ccc(N(C)C)cc1. The predicted molar refractivity (Wildman–Crippen MR) is 163 cm³/mol. The van der Waals surface area contributed by atoms with E-state index in [-0.39, 0.29) is 12.2 Å². The molecule has 0 saturated carbocycles. The Morgan fingerprint density at radius 1 is 1.10 bits per heavy atom. The Morgan fingerprint density at radius 3 is 2.51 bits per heavy atom. The van der Waals surface area contributed by atoms with Gasteiger partial charge >= 0.3 is 5.97 Å². The summed E-state index contributed by atoms with van der Waals surface area (Å²) in [5.41, 5.74) is 4.31. The van der Waals surface area contributed by atoms with Crippen LogP contribution in [0.4, 0.5) is 5.69 Å². The van der Waals surface area contributed by atoms with E-state index in [4.69, 9.17) is 21.1 Å². The Bertz CT molecular complexity index is 1790. The Balaban J connectivity index is 1.54. The van der Waals surface area contributed by atoms with Gasteiger partial charge in [-0.3, -0.25) is 9.36 Å². The van der Waals surface area contributed by atoms with Crippen molar-refractivity contribution in [2.24, 2.45) is 4.99 Å². The summed E-state index contributed by atoms with van der Waals surface area (Å²) in [7, 11) is 3.92. The van der Waals surface area contributed by atoms with E-state index in [1.54, 1.807) is 18.4 Å². The lowest BCUT2D eigenvalue weighted by molar-refractivity contribution is -0.139. The van der Waals surface area contributed by atoms with Crippen molar-refractivity contribution >= 4 is 40.7 Å². The lowest BCUT2D eigenvalue weighted by Gasteiger charge is -2.25. The summed E-state index contributed by atoms with van der Waals surface area (Å²) < 4.78 is 13.5. The van der Waals surface area contributed by atoms with Crippen LogP contribution in [0.2, 0.25) is 5.02 Å². The molecule has 0 saturated heterocycles. The van der Waals surface area contributed by atoms with E-state index in [1.807, 2.05) is 97.9 Å². The molecule has 9 heteroatoms. The molecule has 41 heavy (non-hydrogen) atoms. The molecule has 1 unspecified atom stereocenters. The fourth-order valence-electron chi connectivity index (χ4n) is 4.65. The maximum atomic E-state index is 13.9. The van der Waals surface area contributed by atoms with E-state index in [2.05, 4.69) is 4.99 Å². The number of carbonyl (C=O) groups excluding carboxylic acids is 1. The smallest absolute Gasteiger partial charge is 0.338 e. The van der Waals surface area contributed by atoms with E-state index in [9.17, 15) is 9.59 Å².